The Labute approximate surface area is 149 Å². The van der Waals surface area contributed by atoms with Crippen molar-refractivity contribution in [1.29, 1.82) is 0 Å². The Morgan fingerprint density at radius 2 is 2.24 bits per heavy atom. The summed E-state index contributed by atoms with van der Waals surface area (Å²) in [7, 11) is 1.65. The fraction of sp³-hybridized carbons (Fsp3) is 0.476. The minimum Gasteiger partial charge on any atom is -0.497 e. The third kappa shape index (κ3) is 4.25. The highest BCUT2D eigenvalue weighted by Gasteiger charge is 2.17. The Kier molecular flexibility index (Phi) is 5.47. The van der Waals surface area contributed by atoms with E-state index in [1.807, 2.05) is 24.4 Å². The summed E-state index contributed by atoms with van der Waals surface area (Å²) < 4.78 is 5.28. The molecular weight excluding hydrogens is 312 g/mol. The number of hydrogen-bond donors (Lipinski definition) is 2. The monoisotopic (exact) mass is 340 g/mol. The molecular formula is C21H28N2O2. The van der Waals surface area contributed by atoms with Gasteiger partial charge in [-0.15, -0.1) is 0 Å². The molecule has 1 atom stereocenters. The van der Waals surface area contributed by atoms with Crippen LogP contribution in [0, 0.1) is 11.8 Å². The first-order valence-corrected chi connectivity index (χ1v) is 9.15. The Bertz CT molecular complexity index is 773. The average Bonchev–Trinajstić information content (AvgIpc) is 3.02. The number of hydrogen-bond acceptors (Lipinski definition) is 2. The van der Waals surface area contributed by atoms with E-state index in [0.717, 1.165) is 46.9 Å². The van der Waals surface area contributed by atoms with E-state index in [1.165, 1.54) is 12.0 Å². The molecule has 0 bridgehead atoms. The van der Waals surface area contributed by atoms with E-state index >= 15 is 0 Å². The number of allylic oxidation sites excluding steroid dienone is 1. The number of carbonyl (C=O) groups excluding carboxylic acids is 1. The molecule has 3 rings (SSSR count). The molecule has 0 saturated heterocycles. The van der Waals surface area contributed by atoms with Crippen LogP contribution in [0.5, 0.6) is 5.75 Å². The first kappa shape index (κ1) is 17.6. The van der Waals surface area contributed by atoms with Gasteiger partial charge in [0.05, 0.1) is 13.5 Å². The molecule has 1 aliphatic rings. The molecule has 0 aliphatic heterocycles. The number of aromatic amines is 1. The van der Waals surface area contributed by atoms with Gasteiger partial charge in [-0.25, -0.2) is 0 Å². The van der Waals surface area contributed by atoms with Crippen molar-refractivity contribution in [3.8, 4) is 5.75 Å². The first-order valence-electron chi connectivity index (χ1n) is 9.15. The summed E-state index contributed by atoms with van der Waals surface area (Å²) in [6.45, 7) is 5.26. The van der Waals surface area contributed by atoms with E-state index in [0.29, 0.717) is 13.0 Å². The Balaban J connectivity index is 1.56. The van der Waals surface area contributed by atoms with Crippen LogP contribution in [-0.4, -0.2) is 24.5 Å². The molecule has 25 heavy (non-hydrogen) atoms. The minimum absolute atomic E-state index is 0.0654. The topological polar surface area (TPSA) is 54.1 Å². The average molecular weight is 340 g/mol. The highest BCUT2D eigenvalue weighted by Crippen LogP contribution is 2.29. The molecule has 1 aliphatic carbocycles. The lowest BCUT2D eigenvalue weighted by atomic mass is 9.82. The number of carbonyl (C=O) groups is 1. The Morgan fingerprint density at radius 3 is 2.92 bits per heavy atom. The van der Waals surface area contributed by atoms with E-state index < -0.39 is 0 Å². The number of rotatable bonds is 6. The van der Waals surface area contributed by atoms with Crippen molar-refractivity contribution >= 4 is 16.8 Å². The van der Waals surface area contributed by atoms with Crippen molar-refractivity contribution in [3.05, 3.63) is 41.6 Å². The molecule has 2 aromatic rings. The van der Waals surface area contributed by atoms with Gasteiger partial charge in [0.1, 0.15) is 5.75 Å². The maximum Gasteiger partial charge on any atom is 0.224 e. The summed E-state index contributed by atoms with van der Waals surface area (Å²) in [5.41, 5.74) is 3.40. The van der Waals surface area contributed by atoms with Gasteiger partial charge in [-0.2, -0.15) is 0 Å². The van der Waals surface area contributed by atoms with Gasteiger partial charge in [-0.05, 0) is 54.9 Å². The van der Waals surface area contributed by atoms with Gasteiger partial charge in [0, 0.05) is 23.6 Å². The predicted molar refractivity (Wildman–Crippen MR) is 102 cm³/mol. The van der Waals surface area contributed by atoms with E-state index in [1.54, 1.807) is 7.11 Å². The number of nitrogens with one attached hydrogen (secondary N) is 2. The Hall–Kier alpha value is -2.23. The van der Waals surface area contributed by atoms with E-state index in [2.05, 4.69) is 30.2 Å². The second-order valence-corrected chi connectivity index (χ2v) is 7.32. The third-order valence-electron chi connectivity index (χ3n) is 5.33. The highest BCUT2D eigenvalue weighted by molar-refractivity contribution is 5.89. The summed E-state index contributed by atoms with van der Waals surface area (Å²) in [6.07, 6.45) is 8.11. The normalized spacial score (nSPS) is 17.6. The van der Waals surface area contributed by atoms with Crippen molar-refractivity contribution in [1.82, 2.24) is 10.3 Å². The molecule has 4 nitrogen and oxygen atoms in total. The summed E-state index contributed by atoms with van der Waals surface area (Å²) in [5.74, 6) is 2.41. The smallest absolute Gasteiger partial charge is 0.224 e. The lowest BCUT2D eigenvalue weighted by Crippen LogP contribution is -2.28. The summed E-state index contributed by atoms with van der Waals surface area (Å²) in [4.78, 5) is 15.6. The molecule has 0 unspecified atom stereocenters. The van der Waals surface area contributed by atoms with E-state index in [4.69, 9.17) is 4.74 Å². The number of methoxy groups -OCH3 is 1. The lowest BCUT2D eigenvalue weighted by molar-refractivity contribution is -0.120. The number of benzene rings is 1. The molecule has 1 aromatic carbocycles. The van der Waals surface area contributed by atoms with Crippen LogP contribution in [0.4, 0.5) is 0 Å². The number of fused-ring (bicyclic) bond motifs is 1. The van der Waals surface area contributed by atoms with Gasteiger partial charge < -0.3 is 15.0 Å². The zero-order valence-electron chi connectivity index (χ0n) is 15.4. The molecule has 0 saturated carbocycles. The molecule has 0 spiro atoms. The molecule has 4 heteroatoms. The predicted octanol–water partition coefficient (Wildman–Crippen LogP) is 4.22. The van der Waals surface area contributed by atoms with Crippen LogP contribution in [0.15, 0.2) is 36.0 Å². The molecule has 1 heterocycles. The second-order valence-electron chi connectivity index (χ2n) is 7.32. The van der Waals surface area contributed by atoms with E-state index in [-0.39, 0.29) is 5.91 Å². The fourth-order valence-corrected chi connectivity index (χ4v) is 3.55. The van der Waals surface area contributed by atoms with Gasteiger partial charge in [0.2, 0.25) is 5.91 Å². The standard InChI is InChI=1S/C21H28N2O2/c1-14(2)16-6-4-15(5-7-16)12-23-21(24)10-17-13-22-20-9-8-18(25-3)11-19(17)20/h4,8-9,11,13-14,16,22H,5-7,10,12H2,1-3H3,(H,23,24)/t16-/m0/s1. The van der Waals surface area contributed by atoms with Gasteiger partial charge in [0.25, 0.3) is 0 Å². The maximum atomic E-state index is 12.3. The van der Waals surface area contributed by atoms with Crippen LogP contribution in [0.25, 0.3) is 10.9 Å². The van der Waals surface area contributed by atoms with Crippen LogP contribution < -0.4 is 10.1 Å². The van der Waals surface area contributed by atoms with Gasteiger partial charge in [-0.3, -0.25) is 4.79 Å². The van der Waals surface area contributed by atoms with Crippen LogP contribution in [0.3, 0.4) is 0 Å². The van der Waals surface area contributed by atoms with Gasteiger partial charge in [-0.1, -0.05) is 25.5 Å². The van der Waals surface area contributed by atoms with Crippen molar-refractivity contribution in [2.24, 2.45) is 11.8 Å². The van der Waals surface area contributed by atoms with Crippen LogP contribution in [0.1, 0.15) is 38.7 Å². The van der Waals surface area contributed by atoms with Gasteiger partial charge >= 0.3 is 0 Å². The van der Waals surface area contributed by atoms with Crippen LogP contribution >= 0.6 is 0 Å². The number of amides is 1. The molecule has 0 fully saturated rings. The first-order chi connectivity index (χ1) is 12.1. The van der Waals surface area contributed by atoms with Crippen molar-refractivity contribution in [2.75, 3.05) is 13.7 Å². The maximum absolute atomic E-state index is 12.3. The minimum atomic E-state index is 0.0654. The molecule has 134 valence electrons. The molecule has 0 radical (unpaired) electrons. The summed E-state index contributed by atoms with van der Waals surface area (Å²) >= 11 is 0. The van der Waals surface area contributed by atoms with Crippen molar-refractivity contribution < 1.29 is 9.53 Å². The number of aromatic nitrogens is 1. The largest absolute Gasteiger partial charge is 0.497 e. The quantitative estimate of drug-likeness (QED) is 0.774. The number of ether oxygens (including phenoxy) is 1. The third-order valence-corrected chi connectivity index (χ3v) is 5.33. The molecule has 1 aromatic heterocycles. The molecule has 1 amide bonds. The van der Waals surface area contributed by atoms with Crippen molar-refractivity contribution in [3.63, 3.8) is 0 Å². The SMILES string of the molecule is COc1ccc2[nH]cc(CC(=O)NCC3=CC[C@H](C(C)C)CC3)c2c1. The zero-order valence-corrected chi connectivity index (χ0v) is 15.4. The Morgan fingerprint density at radius 1 is 1.40 bits per heavy atom. The lowest BCUT2D eigenvalue weighted by Gasteiger charge is -2.25. The summed E-state index contributed by atoms with van der Waals surface area (Å²) in [6, 6.07) is 5.88. The highest BCUT2D eigenvalue weighted by atomic mass is 16.5. The molecule has 2 N–H and O–H groups in total. The fourth-order valence-electron chi connectivity index (χ4n) is 3.55. The zero-order chi connectivity index (χ0) is 17.8. The van der Waals surface area contributed by atoms with Crippen LogP contribution in [0.2, 0.25) is 0 Å². The second kappa shape index (κ2) is 7.77. The number of H-pyrrole nitrogens is 1. The van der Waals surface area contributed by atoms with Crippen molar-refractivity contribution in [2.45, 2.75) is 39.5 Å². The van der Waals surface area contributed by atoms with E-state index in [9.17, 15) is 4.79 Å². The van der Waals surface area contributed by atoms with Crippen LogP contribution in [-0.2, 0) is 11.2 Å². The summed E-state index contributed by atoms with van der Waals surface area (Å²) in [5, 5.41) is 4.12. The van der Waals surface area contributed by atoms with Gasteiger partial charge in [0.15, 0.2) is 0 Å².